The van der Waals surface area contributed by atoms with E-state index in [9.17, 15) is 23.1 Å². The summed E-state index contributed by atoms with van der Waals surface area (Å²) in [4.78, 5) is 25.5. The van der Waals surface area contributed by atoms with Crippen LogP contribution in [0, 0.1) is 5.92 Å². The zero-order valence-corrected chi connectivity index (χ0v) is 15.9. The molecule has 0 spiro atoms. The lowest BCUT2D eigenvalue weighted by atomic mass is 10.0. The van der Waals surface area contributed by atoms with Gasteiger partial charge in [-0.3, -0.25) is 4.79 Å². The Balaban J connectivity index is 2.16. The standard InChI is InChI=1S/C18H26N2O5S/c1-13(2)11-15(17(21)20-10-6-9-16(20)18(22)23)19-26(24,25)12-14-7-4-3-5-8-14/h3-5,7-8,13,15-16,19H,6,9-12H2,1-2H3,(H,22,23)/t15-,16-/m0/s1. The van der Waals surface area contributed by atoms with Gasteiger partial charge in [-0.25, -0.2) is 17.9 Å². The van der Waals surface area contributed by atoms with E-state index in [0.717, 1.165) is 0 Å². The van der Waals surface area contributed by atoms with Crippen LogP contribution in [0.15, 0.2) is 30.3 Å². The van der Waals surface area contributed by atoms with Gasteiger partial charge in [0.05, 0.1) is 5.75 Å². The van der Waals surface area contributed by atoms with Gasteiger partial charge in [-0.2, -0.15) is 0 Å². The fourth-order valence-corrected chi connectivity index (χ4v) is 4.56. The molecule has 1 amide bonds. The van der Waals surface area contributed by atoms with Gasteiger partial charge in [-0.05, 0) is 30.7 Å². The van der Waals surface area contributed by atoms with Gasteiger partial charge < -0.3 is 10.0 Å². The van der Waals surface area contributed by atoms with E-state index >= 15 is 0 Å². The van der Waals surface area contributed by atoms with Crippen LogP contribution in [0.5, 0.6) is 0 Å². The number of aliphatic carboxylic acids is 1. The summed E-state index contributed by atoms with van der Waals surface area (Å²) in [5, 5.41) is 9.29. The number of carboxylic acids is 1. The first-order chi connectivity index (χ1) is 12.2. The van der Waals surface area contributed by atoms with Crippen LogP contribution in [-0.2, 0) is 25.4 Å². The first-order valence-corrected chi connectivity index (χ1v) is 10.4. The summed E-state index contributed by atoms with van der Waals surface area (Å²) in [5.74, 6) is -1.65. The lowest BCUT2D eigenvalue weighted by Gasteiger charge is -2.28. The van der Waals surface area contributed by atoms with Crippen molar-refractivity contribution in [3.63, 3.8) is 0 Å². The van der Waals surface area contributed by atoms with Gasteiger partial charge in [0.25, 0.3) is 0 Å². The molecule has 0 aliphatic carbocycles. The third kappa shape index (κ3) is 5.54. The Labute approximate surface area is 154 Å². The predicted octanol–water partition coefficient (Wildman–Crippen LogP) is 1.60. The molecule has 8 heteroatoms. The third-order valence-corrected chi connectivity index (χ3v) is 5.70. The van der Waals surface area contributed by atoms with Crippen molar-refractivity contribution in [2.75, 3.05) is 6.54 Å². The molecule has 0 unspecified atom stereocenters. The molecule has 0 radical (unpaired) electrons. The van der Waals surface area contributed by atoms with E-state index in [1.165, 1.54) is 4.90 Å². The van der Waals surface area contributed by atoms with Crippen LogP contribution < -0.4 is 4.72 Å². The highest BCUT2D eigenvalue weighted by molar-refractivity contribution is 7.88. The third-order valence-electron chi connectivity index (χ3n) is 4.35. The van der Waals surface area contributed by atoms with Crippen molar-refractivity contribution < 1.29 is 23.1 Å². The maximum atomic E-state index is 12.9. The maximum absolute atomic E-state index is 12.9. The van der Waals surface area contributed by atoms with Crippen LogP contribution in [0.1, 0.15) is 38.7 Å². The number of carboxylic acid groups (broad SMARTS) is 1. The number of sulfonamides is 1. The zero-order chi connectivity index (χ0) is 19.3. The summed E-state index contributed by atoms with van der Waals surface area (Å²) >= 11 is 0. The van der Waals surface area contributed by atoms with Crippen molar-refractivity contribution in [1.29, 1.82) is 0 Å². The minimum absolute atomic E-state index is 0.0780. The summed E-state index contributed by atoms with van der Waals surface area (Å²) in [7, 11) is -3.74. The van der Waals surface area contributed by atoms with Gasteiger partial charge in [0, 0.05) is 6.54 Å². The van der Waals surface area contributed by atoms with Crippen molar-refractivity contribution >= 4 is 21.9 Å². The lowest BCUT2D eigenvalue weighted by molar-refractivity contribution is -0.149. The molecule has 1 aromatic carbocycles. The Morgan fingerprint density at radius 1 is 1.27 bits per heavy atom. The van der Waals surface area contributed by atoms with E-state index in [2.05, 4.69) is 4.72 Å². The van der Waals surface area contributed by atoms with Gasteiger partial charge in [0.1, 0.15) is 12.1 Å². The second kappa shape index (κ2) is 8.64. The van der Waals surface area contributed by atoms with Crippen LogP contribution >= 0.6 is 0 Å². The number of nitrogens with one attached hydrogen (secondary N) is 1. The van der Waals surface area contributed by atoms with Crippen LogP contribution in [0.25, 0.3) is 0 Å². The SMILES string of the molecule is CC(C)C[C@H](NS(=O)(=O)Cc1ccccc1)C(=O)N1CCC[C@H]1C(=O)O. The van der Waals surface area contributed by atoms with E-state index in [4.69, 9.17) is 0 Å². The van der Waals surface area contributed by atoms with Crippen LogP contribution in [0.4, 0.5) is 0 Å². The molecule has 1 aliphatic heterocycles. The molecule has 0 aromatic heterocycles. The Kier molecular flexibility index (Phi) is 6.77. The number of carbonyl (C=O) groups excluding carboxylic acids is 1. The molecule has 1 heterocycles. The van der Waals surface area contributed by atoms with E-state index in [1.54, 1.807) is 30.3 Å². The second-order valence-electron chi connectivity index (χ2n) is 7.07. The maximum Gasteiger partial charge on any atom is 0.326 e. The van der Waals surface area contributed by atoms with Crippen LogP contribution in [0.2, 0.25) is 0 Å². The predicted molar refractivity (Wildman–Crippen MR) is 97.8 cm³/mol. The Morgan fingerprint density at radius 3 is 2.50 bits per heavy atom. The normalized spacial score (nSPS) is 18.9. The monoisotopic (exact) mass is 382 g/mol. The molecule has 7 nitrogen and oxygen atoms in total. The Morgan fingerprint density at radius 2 is 1.92 bits per heavy atom. The fraction of sp³-hybridized carbons (Fsp3) is 0.556. The average Bonchev–Trinajstić information content (AvgIpc) is 3.03. The number of amides is 1. The number of hydrogen-bond donors (Lipinski definition) is 2. The Hall–Kier alpha value is -1.93. The largest absolute Gasteiger partial charge is 0.480 e. The van der Waals surface area contributed by atoms with Gasteiger partial charge >= 0.3 is 5.97 Å². The van der Waals surface area contributed by atoms with Crippen molar-refractivity contribution in [2.45, 2.75) is 50.9 Å². The first kappa shape index (κ1) is 20.4. The van der Waals surface area contributed by atoms with Crippen molar-refractivity contribution in [3.05, 3.63) is 35.9 Å². The molecule has 1 aliphatic rings. The number of benzene rings is 1. The number of rotatable bonds is 8. The smallest absolute Gasteiger partial charge is 0.326 e. The summed E-state index contributed by atoms with van der Waals surface area (Å²) < 4.78 is 27.6. The molecule has 0 saturated carbocycles. The number of nitrogens with zero attached hydrogens (tertiary/aromatic N) is 1. The molecule has 2 atom stereocenters. The molecule has 2 N–H and O–H groups in total. The highest BCUT2D eigenvalue weighted by Gasteiger charge is 2.38. The molecular formula is C18H26N2O5S. The molecule has 1 aromatic rings. The van der Waals surface area contributed by atoms with E-state index < -0.39 is 34.0 Å². The molecule has 0 bridgehead atoms. The van der Waals surface area contributed by atoms with Gasteiger partial charge in [0.2, 0.25) is 15.9 Å². The van der Waals surface area contributed by atoms with Gasteiger partial charge in [0.15, 0.2) is 0 Å². The van der Waals surface area contributed by atoms with Crippen molar-refractivity contribution in [3.8, 4) is 0 Å². The molecule has 1 fully saturated rings. The number of hydrogen-bond acceptors (Lipinski definition) is 4. The summed E-state index contributed by atoms with van der Waals surface area (Å²) in [6, 6.07) is 6.89. The quantitative estimate of drug-likeness (QED) is 0.711. The number of carbonyl (C=O) groups is 2. The van der Waals surface area contributed by atoms with Gasteiger partial charge in [-0.15, -0.1) is 0 Å². The second-order valence-corrected chi connectivity index (χ2v) is 8.83. The topological polar surface area (TPSA) is 104 Å². The van der Waals surface area contributed by atoms with Crippen molar-refractivity contribution in [2.24, 2.45) is 5.92 Å². The summed E-state index contributed by atoms with van der Waals surface area (Å²) in [6.07, 6.45) is 1.32. The molecular weight excluding hydrogens is 356 g/mol. The molecule has 2 rings (SSSR count). The van der Waals surface area contributed by atoms with E-state index in [0.29, 0.717) is 31.4 Å². The van der Waals surface area contributed by atoms with Crippen LogP contribution in [-0.4, -0.2) is 48.9 Å². The van der Waals surface area contributed by atoms with Gasteiger partial charge in [-0.1, -0.05) is 44.2 Å². The van der Waals surface area contributed by atoms with E-state index in [-0.39, 0.29) is 11.7 Å². The number of likely N-dealkylation sites (tertiary alicyclic amines) is 1. The van der Waals surface area contributed by atoms with Crippen LogP contribution in [0.3, 0.4) is 0 Å². The molecule has 1 saturated heterocycles. The van der Waals surface area contributed by atoms with E-state index in [1.807, 2.05) is 13.8 Å². The lowest BCUT2D eigenvalue weighted by Crippen LogP contribution is -2.52. The fourth-order valence-electron chi connectivity index (χ4n) is 3.21. The highest BCUT2D eigenvalue weighted by atomic mass is 32.2. The first-order valence-electron chi connectivity index (χ1n) is 8.77. The summed E-state index contributed by atoms with van der Waals surface area (Å²) in [6.45, 7) is 4.12. The minimum Gasteiger partial charge on any atom is -0.480 e. The molecule has 144 valence electrons. The summed E-state index contributed by atoms with van der Waals surface area (Å²) in [5.41, 5.74) is 0.625. The highest BCUT2D eigenvalue weighted by Crippen LogP contribution is 2.21. The zero-order valence-electron chi connectivity index (χ0n) is 15.1. The van der Waals surface area contributed by atoms with Crippen molar-refractivity contribution in [1.82, 2.24) is 9.62 Å². The Bertz CT molecular complexity index is 733. The molecule has 26 heavy (non-hydrogen) atoms. The minimum atomic E-state index is -3.74. The average molecular weight is 382 g/mol.